The molecule has 0 saturated carbocycles. The lowest BCUT2D eigenvalue weighted by atomic mass is 9.99. The van der Waals surface area contributed by atoms with Gasteiger partial charge in [0.15, 0.2) is 0 Å². The van der Waals surface area contributed by atoms with Crippen LogP contribution in [-0.4, -0.2) is 53.8 Å². The number of carbonyl (C=O) groups is 2. The summed E-state index contributed by atoms with van der Waals surface area (Å²) >= 11 is 0. The molecule has 0 aromatic heterocycles. The van der Waals surface area contributed by atoms with Crippen LogP contribution in [0.25, 0.3) is 0 Å². The lowest BCUT2D eigenvalue weighted by Crippen LogP contribution is -2.50. The van der Waals surface area contributed by atoms with E-state index in [2.05, 4.69) is 10.2 Å². The second-order valence-corrected chi connectivity index (χ2v) is 7.00. The Bertz CT molecular complexity index is 634. The van der Waals surface area contributed by atoms with Crippen molar-refractivity contribution in [1.82, 2.24) is 15.1 Å². The highest BCUT2D eigenvalue weighted by atomic mass is 19.1. The summed E-state index contributed by atoms with van der Waals surface area (Å²) in [7, 11) is 2.02. The number of likely N-dealkylation sites (tertiary alicyclic amines) is 2. The van der Waals surface area contributed by atoms with E-state index < -0.39 is 6.04 Å². The fraction of sp³-hybridized carbons (Fsp3) is 0.579. The highest BCUT2D eigenvalue weighted by Gasteiger charge is 2.37. The number of hydrogen-bond donors (Lipinski definition) is 1. The van der Waals surface area contributed by atoms with E-state index in [0.29, 0.717) is 19.4 Å². The molecule has 6 heteroatoms. The van der Waals surface area contributed by atoms with Gasteiger partial charge in [0.1, 0.15) is 11.9 Å². The van der Waals surface area contributed by atoms with Crippen molar-refractivity contribution in [2.75, 3.05) is 20.1 Å². The smallest absolute Gasteiger partial charge is 0.243 e. The average Bonchev–Trinajstić information content (AvgIpc) is 3.16. The zero-order chi connectivity index (χ0) is 18.0. The van der Waals surface area contributed by atoms with Crippen LogP contribution in [0, 0.1) is 5.82 Å². The van der Waals surface area contributed by atoms with Crippen LogP contribution in [0.1, 0.15) is 44.2 Å². The first-order chi connectivity index (χ1) is 12.0. The summed E-state index contributed by atoms with van der Waals surface area (Å²) in [6.07, 6.45) is 2.82. The Kier molecular flexibility index (Phi) is 5.37. The average molecular weight is 347 g/mol. The van der Waals surface area contributed by atoms with Gasteiger partial charge in [0.25, 0.3) is 0 Å². The number of carbonyl (C=O) groups excluding carboxylic acids is 2. The SMILES string of the molecule is CC[C@H](C(=O)N[C@H]1CCN(C)[C@H]1c1ccc(F)cc1)N1CCCC1=O. The van der Waals surface area contributed by atoms with Crippen LogP contribution in [0.5, 0.6) is 0 Å². The van der Waals surface area contributed by atoms with Gasteiger partial charge in [-0.3, -0.25) is 14.5 Å². The molecule has 25 heavy (non-hydrogen) atoms. The molecule has 1 aromatic carbocycles. The van der Waals surface area contributed by atoms with E-state index in [1.54, 1.807) is 17.0 Å². The van der Waals surface area contributed by atoms with E-state index in [-0.39, 0.29) is 29.7 Å². The molecule has 2 amide bonds. The third-order valence-electron chi connectivity index (χ3n) is 5.36. The van der Waals surface area contributed by atoms with Gasteiger partial charge in [0.05, 0.1) is 6.04 Å². The van der Waals surface area contributed by atoms with E-state index in [1.807, 2.05) is 14.0 Å². The predicted molar refractivity (Wildman–Crippen MR) is 93.3 cm³/mol. The van der Waals surface area contributed by atoms with E-state index in [0.717, 1.165) is 24.9 Å². The Morgan fingerprint density at radius 3 is 2.64 bits per heavy atom. The molecule has 5 nitrogen and oxygen atoms in total. The highest BCUT2D eigenvalue weighted by Crippen LogP contribution is 2.31. The standard InChI is InChI=1S/C19H26FN3O2/c1-3-16(23-11-4-5-17(23)24)19(25)21-15-10-12-22(2)18(15)13-6-8-14(20)9-7-13/h6-9,15-16,18H,3-5,10-12H2,1-2H3,(H,21,25)/t15-,16+,18-/m0/s1. The molecule has 0 spiro atoms. The highest BCUT2D eigenvalue weighted by molar-refractivity contribution is 5.88. The molecular weight excluding hydrogens is 321 g/mol. The number of benzene rings is 1. The lowest BCUT2D eigenvalue weighted by molar-refractivity contribution is -0.138. The first-order valence-electron chi connectivity index (χ1n) is 9.06. The van der Waals surface area contributed by atoms with Crippen LogP contribution in [0.4, 0.5) is 4.39 Å². The van der Waals surface area contributed by atoms with Gasteiger partial charge >= 0.3 is 0 Å². The van der Waals surface area contributed by atoms with E-state index in [1.165, 1.54) is 12.1 Å². The van der Waals surface area contributed by atoms with Crippen LogP contribution in [-0.2, 0) is 9.59 Å². The Labute approximate surface area is 148 Å². The van der Waals surface area contributed by atoms with Gasteiger partial charge in [-0.2, -0.15) is 0 Å². The van der Waals surface area contributed by atoms with E-state index in [4.69, 9.17) is 0 Å². The van der Waals surface area contributed by atoms with Gasteiger partial charge in [-0.1, -0.05) is 19.1 Å². The Balaban J connectivity index is 1.72. The van der Waals surface area contributed by atoms with Crippen LogP contribution in [0.2, 0.25) is 0 Å². The molecule has 3 rings (SSSR count). The van der Waals surface area contributed by atoms with E-state index >= 15 is 0 Å². The molecule has 0 aliphatic carbocycles. The molecule has 136 valence electrons. The third kappa shape index (κ3) is 3.68. The van der Waals surface area contributed by atoms with Crippen molar-refractivity contribution < 1.29 is 14.0 Å². The van der Waals surface area contributed by atoms with Gasteiger partial charge < -0.3 is 10.2 Å². The Morgan fingerprint density at radius 1 is 1.32 bits per heavy atom. The van der Waals surface area contributed by atoms with Crippen LogP contribution < -0.4 is 5.32 Å². The molecule has 0 bridgehead atoms. The molecule has 2 saturated heterocycles. The largest absolute Gasteiger partial charge is 0.350 e. The molecule has 1 N–H and O–H groups in total. The van der Waals surface area contributed by atoms with Crippen molar-refractivity contribution in [3.63, 3.8) is 0 Å². The maximum atomic E-state index is 13.2. The number of likely N-dealkylation sites (N-methyl/N-ethyl adjacent to an activating group) is 1. The molecule has 2 aliphatic heterocycles. The fourth-order valence-electron chi connectivity index (χ4n) is 4.07. The first kappa shape index (κ1) is 17.9. The second-order valence-electron chi connectivity index (χ2n) is 7.00. The molecular formula is C19H26FN3O2. The number of halogens is 1. The zero-order valence-electron chi connectivity index (χ0n) is 14.9. The van der Waals surface area contributed by atoms with Gasteiger partial charge in [-0.15, -0.1) is 0 Å². The topological polar surface area (TPSA) is 52.7 Å². The first-order valence-corrected chi connectivity index (χ1v) is 9.06. The second kappa shape index (κ2) is 7.52. The number of hydrogen-bond acceptors (Lipinski definition) is 3. The summed E-state index contributed by atoms with van der Waals surface area (Å²) < 4.78 is 13.2. The predicted octanol–water partition coefficient (Wildman–Crippen LogP) is 2.09. The molecule has 2 heterocycles. The van der Waals surface area contributed by atoms with Crippen molar-refractivity contribution in [2.24, 2.45) is 0 Å². The monoisotopic (exact) mass is 347 g/mol. The maximum absolute atomic E-state index is 13.2. The van der Waals surface area contributed by atoms with Gasteiger partial charge in [0.2, 0.25) is 11.8 Å². The molecule has 2 fully saturated rings. The summed E-state index contributed by atoms with van der Waals surface area (Å²) in [5.41, 5.74) is 0.997. The Morgan fingerprint density at radius 2 is 2.04 bits per heavy atom. The minimum atomic E-state index is -0.394. The van der Waals surface area contributed by atoms with Gasteiger partial charge in [0, 0.05) is 25.6 Å². The zero-order valence-corrected chi connectivity index (χ0v) is 14.9. The van der Waals surface area contributed by atoms with Crippen molar-refractivity contribution in [2.45, 2.75) is 50.7 Å². The van der Waals surface area contributed by atoms with Crippen LogP contribution in [0.3, 0.4) is 0 Å². The number of nitrogens with one attached hydrogen (secondary N) is 1. The van der Waals surface area contributed by atoms with Gasteiger partial charge in [-0.25, -0.2) is 4.39 Å². The number of rotatable bonds is 5. The summed E-state index contributed by atoms with van der Waals surface area (Å²) in [5, 5.41) is 3.15. The maximum Gasteiger partial charge on any atom is 0.243 e. The van der Waals surface area contributed by atoms with Crippen molar-refractivity contribution in [1.29, 1.82) is 0 Å². The summed E-state index contributed by atoms with van der Waals surface area (Å²) in [6.45, 7) is 3.47. The lowest BCUT2D eigenvalue weighted by Gasteiger charge is -2.30. The molecule has 3 atom stereocenters. The van der Waals surface area contributed by atoms with E-state index in [9.17, 15) is 14.0 Å². The van der Waals surface area contributed by atoms with Crippen LogP contribution in [0.15, 0.2) is 24.3 Å². The minimum absolute atomic E-state index is 0.0244. The number of amides is 2. The molecule has 0 unspecified atom stereocenters. The fourth-order valence-corrected chi connectivity index (χ4v) is 4.07. The van der Waals surface area contributed by atoms with Gasteiger partial charge in [-0.05, 0) is 44.0 Å². The molecule has 1 aromatic rings. The normalized spacial score (nSPS) is 25.4. The van der Waals surface area contributed by atoms with Crippen molar-refractivity contribution in [3.05, 3.63) is 35.6 Å². The molecule has 0 radical (unpaired) electrons. The summed E-state index contributed by atoms with van der Waals surface area (Å²) in [6, 6.07) is 6.07. The number of nitrogens with zero attached hydrogens (tertiary/aromatic N) is 2. The van der Waals surface area contributed by atoms with Crippen molar-refractivity contribution in [3.8, 4) is 0 Å². The summed E-state index contributed by atoms with van der Waals surface area (Å²) in [5.74, 6) is -0.269. The quantitative estimate of drug-likeness (QED) is 0.887. The Hall–Kier alpha value is -1.95. The van der Waals surface area contributed by atoms with Crippen LogP contribution >= 0.6 is 0 Å². The minimum Gasteiger partial charge on any atom is -0.350 e. The summed E-state index contributed by atoms with van der Waals surface area (Å²) in [4.78, 5) is 28.7. The van der Waals surface area contributed by atoms with Crippen molar-refractivity contribution >= 4 is 11.8 Å². The third-order valence-corrected chi connectivity index (χ3v) is 5.36. The molecule has 2 aliphatic rings.